The Morgan fingerprint density at radius 1 is 0.861 bits per heavy atom. The third-order valence-corrected chi connectivity index (χ3v) is 5.39. The van der Waals surface area contributed by atoms with Gasteiger partial charge in [-0.3, -0.25) is 14.8 Å². The number of halogens is 4. The van der Waals surface area contributed by atoms with Gasteiger partial charge in [0.15, 0.2) is 29.0 Å². The number of carbonyl (C=O) groups excluding carboxylic acids is 1. The minimum atomic E-state index is -1.65. The van der Waals surface area contributed by atoms with Crippen LogP contribution in [-0.2, 0) is 6.61 Å². The predicted molar refractivity (Wildman–Crippen MR) is 123 cm³/mol. The lowest BCUT2D eigenvalue weighted by Crippen LogP contribution is -2.12. The molecule has 3 aromatic carbocycles. The van der Waals surface area contributed by atoms with Crippen molar-refractivity contribution in [3.05, 3.63) is 119 Å². The van der Waals surface area contributed by atoms with Crippen LogP contribution in [0.5, 0.6) is 5.75 Å². The van der Waals surface area contributed by atoms with Crippen molar-refractivity contribution in [3.8, 4) is 17.0 Å². The van der Waals surface area contributed by atoms with Crippen LogP contribution in [-0.4, -0.2) is 20.7 Å². The van der Waals surface area contributed by atoms with Crippen molar-refractivity contribution >= 4 is 16.8 Å². The third-order valence-electron chi connectivity index (χ3n) is 5.39. The molecular formula is C27H15F4N3O2. The van der Waals surface area contributed by atoms with Crippen molar-refractivity contribution < 1.29 is 27.1 Å². The number of hydrogen-bond acceptors (Lipinski definition) is 5. The average molecular weight is 489 g/mol. The molecule has 2 aromatic heterocycles. The molecule has 5 nitrogen and oxygen atoms in total. The number of aromatic nitrogens is 3. The first-order valence-corrected chi connectivity index (χ1v) is 10.7. The molecule has 0 aliphatic heterocycles. The summed E-state index contributed by atoms with van der Waals surface area (Å²) in [6, 6.07) is 13.4. The SMILES string of the molecule is O=C(c1ccc2ncc(-c3cccnc3)nc2c1)c1c(F)c(F)cc(OCc2cccc(F)c2)c1F. The Morgan fingerprint density at radius 3 is 2.50 bits per heavy atom. The van der Waals surface area contributed by atoms with Crippen LogP contribution in [0.4, 0.5) is 17.6 Å². The number of fused-ring (bicyclic) bond motifs is 1. The number of ketones is 1. The molecule has 5 aromatic rings. The van der Waals surface area contributed by atoms with E-state index < -0.39 is 40.4 Å². The highest BCUT2D eigenvalue weighted by Crippen LogP contribution is 2.29. The number of hydrogen-bond donors (Lipinski definition) is 0. The fraction of sp³-hybridized carbons (Fsp3) is 0.0370. The molecule has 0 N–H and O–H groups in total. The Labute approximate surface area is 202 Å². The van der Waals surface area contributed by atoms with Crippen molar-refractivity contribution in [2.24, 2.45) is 0 Å². The molecule has 2 heterocycles. The molecule has 0 amide bonds. The average Bonchev–Trinajstić information content (AvgIpc) is 2.90. The Bertz CT molecular complexity index is 1610. The van der Waals surface area contributed by atoms with E-state index in [4.69, 9.17) is 4.74 Å². The second-order valence-corrected chi connectivity index (χ2v) is 7.81. The number of benzene rings is 3. The van der Waals surface area contributed by atoms with E-state index >= 15 is 4.39 Å². The number of pyridine rings is 1. The molecule has 0 spiro atoms. The molecule has 5 rings (SSSR count). The summed E-state index contributed by atoms with van der Waals surface area (Å²) in [5.74, 6) is -6.80. The first kappa shape index (κ1) is 23.1. The summed E-state index contributed by atoms with van der Waals surface area (Å²) in [7, 11) is 0. The highest BCUT2D eigenvalue weighted by Gasteiger charge is 2.26. The van der Waals surface area contributed by atoms with Crippen molar-refractivity contribution in [1.82, 2.24) is 15.0 Å². The topological polar surface area (TPSA) is 65.0 Å². The lowest BCUT2D eigenvalue weighted by atomic mass is 10.0. The highest BCUT2D eigenvalue weighted by atomic mass is 19.2. The van der Waals surface area contributed by atoms with Gasteiger partial charge in [-0.1, -0.05) is 12.1 Å². The van der Waals surface area contributed by atoms with Gasteiger partial charge in [-0.2, -0.15) is 0 Å². The molecule has 0 fully saturated rings. The molecule has 0 aliphatic rings. The van der Waals surface area contributed by atoms with Gasteiger partial charge in [0.1, 0.15) is 18.0 Å². The normalized spacial score (nSPS) is 11.0. The minimum Gasteiger partial charge on any atom is -0.486 e. The maximum Gasteiger partial charge on any atom is 0.199 e. The summed E-state index contributed by atoms with van der Waals surface area (Å²) in [4.78, 5) is 25.9. The standard InChI is InChI=1S/C27H15F4N3O2/c28-18-5-1-3-15(9-18)14-36-23-11-19(29)25(30)24(26(23)31)27(35)16-6-7-20-21(10-16)34-22(13-33-20)17-4-2-8-32-12-17/h1-13H,14H2. The predicted octanol–water partition coefficient (Wildman–Crippen LogP) is 6.06. The van der Waals surface area contributed by atoms with Gasteiger partial charge in [0, 0.05) is 29.6 Å². The van der Waals surface area contributed by atoms with E-state index in [1.807, 2.05) is 0 Å². The minimum absolute atomic E-state index is 0.125. The monoisotopic (exact) mass is 489 g/mol. The lowest BCUT2D eigenvalue weighted by Gasteiger charge is -2.12. The Hall–Kier alpha value is -4.66. The zero-order valence-electron chi connectivity index (χ0n) is 18.4. The number of ether oxygens (including phenoxy) is 1. The van der Waals surface area contributed by atoms with Crippen LogP contribution in [0.25, 0.3) is 22.3 Å². The van der Waals surface area contributed by atoms with Crippen LogP contribution in [0.3, 0.4) is 0 Å². The summed E-state index contributed by atoms with van der Waals surface area (Å²) in [6.07, 6.45) is 4.73. The molecule has 0 bridgehead atoms. The maximum atomic E-state index is 15.2. The van der Waals surface area contributed by atoms with Gasteiger partial charge in [-0.25, -0.2) is 22.5 Å². The zero-order chi connectivity index (χ0) is 25.2. The Kier molecular flexibility index (Phi) is 6.12. The van der Waals surface area contributed by atoms with E-state index in [0.29, 0.717) is 33.9 Å². The molecule has 0 radical (unpaired) electrons. The first-order valence-electron chi connectivity index (χ1n) is 10.7. The molecular weight excluding hydrogens is 474 g/mol. The molecule has 0 saturated carbocycles. The van der Waals surface area contributed by atoms with Crippen LogP contribution in [0.15, 0.2) is 79.3 Å². The Morgan fingerprint density at radius 2 is 1.72 bits per heavy atom. The van der Waals surface area contributed by atoms with E-state index in [1.165, 1.54) is 42.6 Å². The highest BCUT2D eigenvalue weighted by molar-refractivity contribution is 6.10. The second-order valence-electron chi connectivity index (χ2n) is 7.81. The maximum absolute atomic E-state index is 15.2. The molecule has 36 heavy (non-hydrogen) atoms. The van der Waals surface area contributed by atoms with E-state index in [1.54, 1.807) is 24.5 Å². The molecule has 178 valence electrons. The lowest BCUT2D eigenvalue weighted by molar-refractivity contribution is 0.102. The fourth-order valence-electron chi connectivity index (χ4n) is 3.62. The van der Waals surface area contributed by atoms with E-state index in [0.717, 1.165) is 6.07 Å². The number of nitrogens with zero attached hydrogens (tertiary/aromatic N) is 3. The largest absolute Gasteiger partial charge is 0.486 e. The van der Waals surface area contributed by atoms with E-state index in [2.05, 4.69) is 15.0 Å². The van der Waals surface area contributed by atoms with Crippen molar-refractivity contribution in [2.75, 3.05) is 0 Å². The van der Waals surface area contributed by atoms with Crippen LogP contribution in [0.2, 0.25) is 0 Å². The molecule has 0 atom stereocenters. The quantitative estimate of drug-likeness (QED) is 0.165. The summed E-state index contributed by atoms with van der Waals surface area (Å²) in [5.41, 5.74) is 1.01. The molecule has 0 saturated heterocycles. The smallest absolute Gasteiger partial charge is 0.199 e. The van der Waals surface area contributed by atoms with Gasteiger partial charge in [0.05, 0.1) is 22.9 Å². The van der Waals surface area contributed by atoms with E-state index in [-0.39, 0.29) is 12.2 Å². The Balaban J connectivity index is 1.50. The van der Waals surface area contributed by atoms with Gasteiger partial charge in [-0.15, -0.1) is 0 Å². The van der Waals surface area contributed by atoms with Crippen LogP contribution >= 0.6 is 0 Å². The van der Waals surface area contributed by atoms with E-state index in [9.17, 15) is 18.0 Å². The van der Waals surface area contributed by atoms with Crippen molar-refractivity contribution in [2.45, 2.75) is 6.61 Å². The van der Waals surface area contributed by atoms with Crippen molar-refractivity contribution in [1.29, 1.82) is 0 Å². The van der Waals surface area contributed by atoms with Crippen LogP contribution < -0.4 is 4.74 Å². The zero-order valence-corrected chi connectivity index (χ0v) is 18.4. The second kappa shape index (κ2) is 9.53. The van der Waals surface area contributed by atoms with Gasteiger partial charge in [-0.05, 0) is 48.0 Å². The molecule has 0 unspecified atom stereocenters. The third kappa shape index (κ3) is 4.50. The summed E-state index contributed by atoms with van der Waals surface area (Å²) >= 11 is 0. The van der Waals surface area contributed by atoms with Gasteiger partial charge < -0.3 is 4.74 Å². The van der Waals surface area contributed by atoms with Gasteiger partial charge in [0.25, 0.3) is 0 Å². The summed E-state index contributed by atoms with van der Waals surface area (Å²) in [5, 5.41) is 0. The summed E-state index contributed by atoms with van der Waals surface area (Å²) < 4.78 is 62.7. The fourth-order valence-corrected chi connectivity index (χ4v) is 3.62. The van der Waals surface area contributed by atoms with Crippen LogP contribution in [0.1, 0.15) is 21.5 Å². The number of rotatable bonds is 6. The first-order chi connectivity index (χ1) is 17.4. The van der Waals surface area contributed by atoms with Gasteiger partial charge >= 0.3 is 0 Å². The molecule has 0 aliphatic carbocycles. The number of carbonyl (C=O) groups is 1. The summed E-state index contributed by atoms with van der Waals surface area (Å²) in [6.45, 7) is -0.323. The van der Waals surface area contributed by atoms with Crippen LogP contribution in [0, 0.1) is 23.3 Å². The van der Waals surface area contributed by atoms with Crippen molar-refractivity contribution in [3.63, 3.8) is 0 Å². The van der Waals surface area contributed by atoms with Gasteiger partial charge in [0.2, 0.25) is 0 Å². The molecule has 9 heteroatoms.